The lowest BCUT2D eigenvalue weighted by atomic mass is 10.1. The number of nitrogens with zero attached hydrogens (tertiary/aromatic N) is 3. The monoisotopic (exact) mass is 328 g/mol. The molecule has 4 rings (SSSR count). The van der Waals surface area contributed by atoms with Crippen molar-refractivity contribution in [3.8, 4) is 0 Å². The third kappa shape index (κ3) is 3.37. The molecule has 5 nitrogen and oxygen atoms in total. The van der Waals surface area contributed by atoms with E-state index in [0.717, 1.165) is 36.8 Å². The standard InChI is InChI=1S/C17H20N4OS/c22-16(19-10-13-3-1-7-18-9-13)17-20-15-14(23-17)4-2-8-21(15)11-12-5-6-12/h1,3,7,9,12H,2,4-6,8,10-11H2,(H,19,22). The fourth-order valence-electron chi connectivity index (χ4n) is 2.94. The maximum absolute atomic E-state index is 12.4. The van der Waals surface area contributed by atoms with Crippen LogP contribution in [0.3, 0.4) is 0 Å². The lowest BCUT2D eigenvalue weighted by Crippen LogP contribution is -2.31. The van der Waals surface area contributed by atoms with Gasteiger partial charge in [0.2, 0.25) is 0 Å². The summed E-state index contributed by atoms with van der Waals surface area (Å²) in [4.78, 5) is 24.7. The molecule has 1 aliphatic carbocycles. The van der Waals surface area contributed by atoms with E-state index in [1.165, 1.54) is 24.1 Å². The van der Waals surface area contributed by atoms with Gasteiger partial charge in [-0.1, -0.05) is 6.07 Å². The molecule has 1 aliphatic heterocycles. The molecule has 0 radical (unpaired) electrons. The lowest BCUT2D eigenvalue weighted by molar-refractivity contribution is 0.0950. The van der Waals surface area contributed by atoms with Crippen molar-refractivity contribution >= 4 is 23.1 Å². The molecule has 0 aromatic carbocycles. The van der Waals surface area contributed by atoms with Crippen LogP contribution in [-0.4, -0.2) is 29.0 Å². The molecule has 2 aliphatic rings. The van der Waals surface area contributed by atoms with E-state index in [9.17, 15) is 4.79 Å². The second-order valence-electron chi connectivity index (χ2n) is 6.30. The van der Waals surface area contributed by atoms with Gasteiger partial charge >= 0.3 is 0 Å². The number of anilines is 1. The van der Waals surface area contributed by atoms with Crippen molar-refractivity contribution in [1.82, 2.24) is 15.3 Å². The first-order chi connectivity index (χ1) is 11.3. The Labute approximate surface area is 139 Å². The van der Waals surface area contributed by atoms with Crippen molar-refractivity contribution in [1.29, 1.82) is 0 Å². The van der Waals surface area contributed by atoms with Crippen molar-refractivity contribution in [2.24, 2.45) is 5.92 Å². The zero-order valence-electron chi connectivity index (χ0n) is 13.0. The first-order valence-electron chi connectivity index (χ1n) is 8.21. The number of amides is 1. The molecule has 1 saturated carbocycles. The Morgan fingerprint density at radius 3 is 3.13 bits per heavy atom. The van der Waals surface area contributed by atoms with E-state index < -0.39 is 0 Å². The normalized spacial score (nSPS) is 17.0. The molecule has 2 aromatic rings. The topological polar surface area (TPSA) is 58.1 Å². The van der Waals surface area contributed by atoms with Gasteiger partial charge in [0.1, 0.15) is 5.82 Å². The third-order valence-corrected chi connectivity index (χ3v) is 5.46. The Kier molecular flexibility index (Phi) is 3.99. The van der Waals surface area contributed by atoms with E-state index in [2.05, 4.69) is 20.2 Å². The second-order valence-corrected chi connectivity index (χ2v) is 7.39. The van der Waals surface area contributed by atoms with E-state index in [4.69, 9.17) is 0 Å². The quantitative estimate of drug-likeness (QED) is 0.917. The van der Waals surface area contributed by atoms with Gasteiger partial charge in [0.15, 0.2) is 5.01 Å². The van der Waals surface area contributed by atoms with Gasteiger partial charge in [0.25, 0.3) is 5.91 Å². The second kappa shape index (κ2) is 6.28. The van der Waals surface area contributed by atoms with Crippen LogP contribution >= 0.6 is 11.3 Å². The average Bonchev–Trinajstić information content (AvgIpc) is 3.28. The fourth-order valence-corrected chi connectivity index (χ4v) is 3.98. The summed E-state index contributed by atoms with van der Waals surface area (Å²) in [6.07, 6.45) is 8.39. The first kappa shape index (κ1) is 14.6. The van der Waals surface area contributed by atoms with Crippen LogP contribution in [-0.2, 0) is 13.0 Å². The smallest absolute Gasteiger partial charge is 0.280 e. The molecule has 1 fully saturated rings. The molecule has 3 heterocycles. The number of aromatic nitrogens is 2. The van der Waals surface area contributed by atoms with Crippen LogP contribution in [0.15, 0.2) is 24.5 Å². The summed E-state index contributed by atoms with van der Waals surface area (Å²) >= 11 is 1.55. The number of carbonyl (C=O) groups excluding carboxylic acids is 1. The molecule has 6 heteroatoms. The Hall–Kier alpha value is -1.95. The maximum atomic E-state index is 12.4. The molecular weight excluding hydrogens is 308 g/mol. The minimum atomic E-state index is -0.0837. The van der Waals surface area contributed by atoms with Gasteiger partial charge in [-0.2, -0.15) is 0 Å². The predicted octanol–water partition coefficient (Wildman–Crippen LogP) is 2.63. The van der Waals surface area contributed by atoms with E-state index in [0.29, 0.717) is 11.6 Å². The van der Waals surface area contributed by atoms with Crippen molar-refractivity contribution in [2.45, 2.75) is 32.2 Å². The van der Waals surface area contributed by atoms with Crippen LogP contribution < -0.4 is 10.2 Å². The molecule has 0 bridgehead atoms. The summed E-state index contributed by atoms with van der Waals surface area (Å²) < 4.78 is 0. The SMILES string of the molecule is O=C(NCc1cccnc1)c1nc2c(s1)CCCN2CC1CC1. The van der Waals surface area contributed by atoms with Gasteiger partial charge in [0, 0.05) is 36.9 Å². The summed E-state index contributed by atoms with van der Waals surface area (Å²) in [5.74, 6) is 1.81. The minimum Gasteiger partial charge on any atom is -0.355 e. The Morgan fingerprint density at radius 2 is 2.35 bits per heavy atom. The molecule has 120 valence electrons. The maximum Gasteiger partial charge on any atom is 0.280 e. The van der Waals surface area contributed by atoms with E-state index in [-0.39, 0.29) is 5.91 Å². The van der Waals surface area contributed by atoms with Crippen molar-refractivity contribution in [3.05, 3.63) is 40.0 Å². The number of rotatable bonds is 5. The van der Waals surface area contributed by atoms with Crippen LogP contribution in [0.1, 0.15) is 39.5 Å². The fraction of sp³-hybridized carbons (Fsp3) is 0.471. The van der Waals surface area contributed by atoms with Gasteiger partial charge < -0.3 is 10.2 Å². The van der Waals surface area contributed by atoms with Crippen LogP contribution in [0.25, 0.3) is 0 Å². The van der Waals surface area contributed by atoms with Crippen LogP contribution in [0.2, 0.25) is 0 Å². The highest BCUT2D eigenvalue weighted by atomic mass is 32.1. The number of nitrogens with one attached hydrogen (secondary N) is 1. The van der Waals surface area contributed by atoms with Crippen LogP contribution in [0.5, 0.6) is 0 Å². The van der Waals surface area contributed by atoms with Gasteiger partial charge in [-0.05, 0) is 43.2 Å². The number of thiazole rings is 1. The molecular formula is C17H20N4OS. The Balaban J connectivity index is 1.44. The zero-order valence-corrected chi connectivity index (χ0v) is 13.8. The molecule has 1 N–H and O–H groups in total. The summed E-state index contributed by atoms with van der Waals surface area (Å²) in [6.45, 7) is 2.67. The minimum absolute atomic E-state index is 0.0837. The molecule has 2 aromatic heterocycles. The van der Waals surface area contributed by atoms with Gasteiger partial charge in [0.05, 0.1) is 0 Å². The number of pyridine rings is 1. The molecule has 0 atom stereocenters. The average molecular weight is 328 g/mol. The predicted molar refractivity (Wildman–Crippen MR) is 90.8 cm³/mol. The highest BCUT2D eigenvalue weighted by Gasteiger charge is 2.29. The summed E-state index contributed by atoms with van der Waals surface area (Å²) in [6, 6.07) is 3.83. The number of hydrogen-bond acceptors (Lipinski definition) is 5. The van der Waals surface area contributed by atoms with Crippen molar-refractivity contribution < 1.29 is 4.79 Å². The number of hydrogen-bond donors (Lipinski definition) is 1. The van der Waals surface area contributed by atoms with Gasteiger partial charge in [-0.15, -0.1) is 11.3 Å². The van der Waals surface area contributed by atoms with Gasteiger partial charge in [-0.25, -0.2) is 4.98 Å². The molecule has 23 heavy (non-hydrogen) atoms. The molecule has 0 spiro atoms. The summed E-state index contributed by atoms with van der Waals surface area (Å²) in [7, 11) is 0. The van der Waals surface area contributed by atoms with Crippen molar-refractivity contribution in [2.75, 3.05) is 18.0 Å². The summed E-state index contributed by atoms with van der Waals surface area (Å²) in [5.41, 5.74) is 0.998. The molecule has 1 amide bonds. The van der Waals surface area contributed by atoms with Crippen LogP contribution in [0, 0.1) is 5.92 Å². The first-order valence-corrected chi connectivity index (χ1v) is 9.03. The van der Waals surface area contributed by atoms with Crippen LogP contribution in [0.4, 0.5) is 5.82 Å². The number of carbonyl (C=O) groups is 1. The highest BCUT2D eigenvalue weighted by molar-refractivity contribution is 7.14. The largest absolute Gasteiger partial charge is 0.355 e. The molecule has 0 saturated heterocycles. The third-order valence-electron chi connectivity index (χ3n) is 4.35. The molecule has 0 unspecified atom stereocenters. The van der Waals surface area contributed by atoms with E-state index in [1.54, 1.807) is 23.7 Å². The Bertz CT molecular complexity index is 696. The van der Waals surface area contributed by atoms with E-state index >= 15 is 0 Å². The highest BCUT2D eigenvalue weighted by Crippen LogP contribution is 2.36. The van der Waals surface area contributed by atoms with E-state index in [1.807, 2.05) is 12.1 Å². The van der Waals surface area contributed by atoms with Gasteiger partial charge in [-0.3, -0.25) is 9.78 Å². The lowest BCUT2D eigenvalue weighted by Gasteiger charge is -2.27. The Morgan fingerprint density at radius 1 is 1.43 bits per heavy atom. The zero-order chi connectivity index (χ0) is 15.6. The van der Waals surface area contributed by atoms with Crippen molar-refractivity contribution in [3.63, 3.8) is 0 Å². The number of fused-ring (bicyclic) bond motifs is 1. The number of aryl methyl sites for hydroxylation is 1. The summed E-state index contributed by atoms with van der Waals surface area (Å²) in [5, 5.41) is 3.53.